The van der Waals surface area contributed by atoms with Crippen LogP contribution >= 0.6 is 11.6 Å². The van der Waals surface area contributed by atoms with Gasteiger partial charge in [-0.15, -0.1) is 0 Å². The Morgan fingerprint density at radius 1 is 1.59 bits per heavy atom. The summed E-state index contributed by atoms with van der Waals surface area (Å²) in [5.74, 6) is 0.129. The largest absolute Gasteiger partial charge is 0.347 e. The molecule has 1 aliphatic carbocycles. The van der Waals surface area contributed by atoms with Gasteiger partial charge < -0.3 is 4.90 Å². The summed E-state index contributed by atoms with van der Waals surface area (Å²) in [6.07, 6.45) is 3.47. The second kappa shape index (κ2) is 4.63. The maximum Gasteiger partial charge on any atom is 0.242 e. The summed E-state index contributed by atoms with van der Waals surface area (Å²) < 4.78 is 0. The molecule has 1 aliphatic rings. The smallest absolute Gasteiger partial charge is 0.242 e. The zero-order chi connectivity index (χ0) is 12.5. The lowest BCUT2D eigenvalue weighted by molar-refractivity contribution is -0.132. The fraction of sp³-hybridized carbons (Fsp3) is 0.500. The molecule has 1 aromatic heterocycles. The van der Waals surface area contributed by atoms with Gasteiger partial charge in [0.05, 0.1) is 16.3 Å². The highest BCUT2D eigenvalue weighted by Gasteiger charge is 2.50. The van der Waals surface area contributed by atoms with Crippen LogP contribution in [-0.4, -0.2) is 35.4 Å². The number of pyridine rings is 1. The summed E-state index contributed by atoms with van der Waals surface area (Å²) in [5.41, 5.74) is 0.400. The molecule has 1 saturated carbocycles. The number of hydrogen-bond acceptors (Lipinski definition) is 3. The van der Waals surface area contributed by atoms with Crippen LogP contribution in [-0.2, 0) is 11.3 Å². The lowest BCUT2D eigenvalue weighted by Crippen LogP contribution is -2.45. The van der Waals surface area contributed by atoms with Crippen LogP contribution in [0, 0.1) is 0 Å². The van der Waals surface area contributed by atoms with E-state index in [1.54, 1.807) is 37.3 Å². The van der Waals surface area contributed by atoms with Gasteiger partial charge in [0.25, 0.3) is 0 Å². The predicted octanol–water partition coefficient (Wildman–Crippen LogP) is 1.45. The lowest BCUT2D eigenvalue weighted by atomic mass is 10.2. The molecule has 0 radical (unpaired) electrons. The molecule has 0 bridgehead atoms. The van der Waals surface area contributed by atoms with E-state index in [0.29, 0.717) is 11.6 Å². The van der Waals surface area contributed by atoms with E-state index in [2.05, 4.69) is 10.3 Å². The Bertz CT molecular complexity index is 430. The van der Waals surface area contributed by atoms with Crippen molar-refractivity contribution in [3.8, 4) is 0 Å². The van der Waals surface area contributed by atoms with Crippen LogP contribution in [0.25, 0.3) is 0 Å². The van der Waals surface area contributed by atoms with E-state index < -0.39 is 0 Å². The summed E-state index contributed by atoms with van der Waals surface area (Å²) in [4.78, 5) is 17.8. The number of aromatic nitrogens is 1. The van der Waals surface area contributed by atoms with Crippen molar-refractivity contribution in [3.63, 3.8) is 0 Å². The number of carbonyl (C=O) groups excluding carboxylic acids is 1. The second-order valence-electron chi connectivity index (χ2n) is 4.57. The van der Waals surface area contributed by atoms with Crippen molar-refractivity contribution in [2.75, 3.05) is 14.1 Å². The number of nitrogens with zero attached hydrogens (tertiary/aromatic N) is 2. The zero-order valence-electron chi connectivity index (χ0n) is 10.0. The number of carbonyl (C=O) groups is 1. The van der Waals surface area contributed by atoms with Gasteiger partial charge in [-0.3, -0.25) is 15.1 Å². The molecule has 0 aliphatic heterocycles. The molecule has 0 saturated heterocycles. The fourth-order valence-corrected chi connectivity index (χ4v) is 2.01. The fourth-order valence-electron chi connectivity index (χ4n) is 1.82. The molecular weight excluding hydrogens is 238 g/mol. The van der Waals surface area contributed by atoms with Gasteiger partial charge >= 0.3 is 0 Å². The SMILES string of the molecule is CN(C)C(=O)C1(NCc2ncccc2Cl)CC1. The van der Waals surface area contributed by atoms with Crippen LogP contribution in [0.5, 0.6) is 0 Å². The van der Waals surface area contributed by atoms with E-state index in [0.717, 1.165) is 18.5 Å². The van der Waals surface area contributed by atoms with Crippen molar-refractivity contribution < 1.29 is 4.79 Å². The lowest BCUT2D eigenvalue weighted by Gasteiger charge is -2.21. The maximum absolute atomic E-state index is 11.9. The van der Waals surface area contributed by atoms with Crippen molar-refractivity contribution in [2.45, 2.75) is 24.9 Å². The second-order valence-corrected chi connectivity index (χ2v) is 4.97. The highest BCUT2D eigenvalue weighted by Crippen LogP contribution is 2.37. The molecule has 1 amide bonds. The number of nitrogens with one attached hydrogen (secondary N) is 1. The molecule has 17 heavy (non-hydrogen) atoms. The Morgan fingerprint density at radius 2 is 2.29 bits per heavy atom. The van der Waals surface area contributed by atoms with Crippen molar-refractivity contribution in [1.82, 2.24) is 15.2 Å². The van der Waals surface area contributed by atoms with Crippen molar-refractivity contribution in [1.29, 1.82) is 0 Å². The van der Waals surface area contributed by atoms with E-state index in [1.807, 2.05) is 0 Å². The predicted molar refractivity (Wildman–Crippen MR) is 66.7 cm³/mol. The van der Waals surface area contributed by atoms with Crippen LogP contribution in [0.4, 0.5) is 0 Å². The Labute approximate surface area is 106 Å². The Balaban J connectivity index is 1.99. The van der Waals surface area contributed by atoms with Gasteiger partial charge in [0.15, 0.2) is 0 Å². The summed E-state index contributed by atoms with van der Waals surface area (Å²) in [6, 6.07) is 3.60. The van der Waals surface area contributed by atoms with Gasteiger partial charge in [-0.05, 0) is 25.0 Å². The average molecular weight is 254 g/mol. The van der Waals surface area contributed by atoms with Gasteiger partial charge in [0.1, 0.15) is 0 Å². The number of rotatable bonds is 4. The molecule has 2 rings (SSSR count). The molecule has 5 heteroatoms. The van der Waals surface area contributed by atoms with E-state index in [-0.39, 0.29) is 11.4 Å². The Kier molecular flexibility index (Phi) is 3.35. The van der Waals surface area contributed by atoms with Crippen LogP contribution in [0.1, 0.15) is 18.5 Å². The molecule has 0 aromatic carbocycles. The third kappa shape index (κ3) is 2.58. The molecule has 0 atom stereocenters. The molecule has 1 aromatic rings. The number of hydrogen-bond donors (Lipinski definition) is 1. The van der Waals surface area contributed by atoms with E-state index in [1.165, 1.54) is 0 Å². The molecule has 1 fully saturated rings. The highest BCUT2D eigenvalue weighted by molar-refractivity contribution is 6.31. The normalized spacial score (nSPS) is 16.6. The summed E-state index contributed by atoms with van der Waals surface area (Å²) >= 11 is 6.02. The summed E-state index contributed by atoms with van der Waals surface area (Å²) in [6.45, 7) is 0.527. The molecule has 1 N–H and O–H groups in total. The standard InChI is InChI=1S/C12H16ClN3O/c1-16(2)11(17)12(5-6-12)15-8-10-9(13)4-3-7-14-10/h3-4,7,15H,5-6,8H2,1-2H3. The van der Waals surface area contributed by atoms with Crippen LogP contribution in [0.15, 0.2) is 18.3 Å². The highest BCUT2D eigenvalue weighted by atomic mass is 35.5. The Morgan fingerprint density at radius 3 is 2.82 bits per heavy atom. The van der Waals surface area contributed by atoms with Crippen LogP contribution in [0.3, 0.4) is 0 Å². The third-order valence-electron chi connectivity index (χ3n) is 2.99. The minimum atomic E-state index is -0.385. The number of likely N-dealkylation sites (N-methyl/N-ethyl adjacent to an activating group) is 1. The number of halogens is 1. The van der Waals surface area contributed by atoms with Crippen molar-refractivity contribution >= 4 is 17.5 Å². The summed E-state index contributed by atoms with van der Waals surface area (Å²) in [5, 5.41) is 3.90. The van der Waals surface area contributed by atoms with E-state index >= 15 is 0 Å². The monoisotopic (exact) mass is 253 g/mol. The van der Waals surface area contributed by atoms with Gasteiger partial charge in [-0.1, -0.05) is 11.6 Å². The number of amides is 1. The van der Waals surface area contributed by atoms with Gasteiger partial charge in [-0.2, -0.15) is 0 Å². The first-order valence-corrected chi connectivity index (χ1v) is 5.99. The van der Waals surface area contributed by atoms with Gasteiger partial charge in [0, 0.05) is 26.8 Å². The maximum atomic E-state index is 11.9. The van der Waals surface area contributed by atoms with Gasteiger partial charge in [-0.25, -0.2) is 0 Å². The molecule has 0 spiro atoms. The van der Waals surface area contributed by atoms with Crippen LogP contribution < -0.4 is 5.32 Å². The first kappa shape index (κ1) is 12.3. The topological polar surface area (TPSA) is 45.2 Å². The first-order chi connectivity index (χ1) is 8.05. The van der Waals surface area contributed by atoms with E-state index in [4.69, 9.17) is 11.6 Å². The van der Waals surface area contributed by atoms with Gasteiger partial charge in [0.2, 0.25) is 5.91 Å². The minimum Gasteiger partial charge on any atom is -0.347 e. The molecule has 1 heterocycles. The minimum absolute atomic E-state index is 0.129. The third-order valence-corrected chi connectivity index (χ3v) is 3.34. The molecule has 92 valence electrons. The summed E-state index contributed by atoms with van der Waals surface area (Å²) in [7, 11) is 3.55. The molecule has 0 unspecified atom stereocenters. The van der Waals surface area contributed by atoms with E-state index in [9.17, 15) is 4.79 Å². The zero-order valence-corrected chi connectivity index (χ0v) is 10.8. The molecule has 4 nitrogen and oxygen atoms in total. The first-order valence-electron chi connectivity index (χ1n) is 5.61. The van der Waals surface area contributed by atoms with Crippen molar-refractivity contribution in [2.24, 2.45) is 0 Å². The Hall–Kier alpha value is -1.13. The average Bonchev–Trinajstić information content (AvgIpc) is 3.08. The van der Waals surface area contributed by atoms with Crippen LogP contribution in [0.2, 0.25) is 5.02 Å². The quantitative estimate of drug-likeness (QED) is 0.883. The van der Waals surface area contributed by atoms with Crippen molar-refractivity contribution in [3.05, 3.63) is 29.0 Å². The molecular formula is C12H16ClN3O.